The Kier molecular flexibility index (Phi) is 2.04. The monoisotopic (exact) mass is 229 g/mol. The average molecular weight is 229 g/mol. The normalized spacial score (nSPS) is 11.1. The van der Waals surface area contributed by atoms with Gasteiger partial charge in [-0.3, -0.25) is 0 Å². The van der Waals surface area contributed by atoms with Gasteiger partial charge < -0.3 is 4.57 Å². The summed E-state index contributed by atoms with van der Waals surface area (Å²) in [5.74, 6) is 0.936. The van der Waals surface area contributed by atoms with Crippen LogP contribution in [0.15, 0.2) is 29.6 Å². The molecule has 0 amide bonds. The highest BCUT2D eigenvalue weighted by Crippen LogP contribution is 2.24. The van der Waals surface area contributed by atoms with Gasteiger partial charge in [-0.25, -0.2) is 9.97 Å². The lowest BCUT2D eigenvalue weighted by Crippen LogP contribution is -1.92. The zero-order valence-electron chi connectivity index (χ0n) is 9.14. The summed E-state index contributed by atoms with van der Waals surface area (Å²) in [6, 6.07) is 8.13. The molecule has 1 aromatic carbocycles. The lowest BCUT2D eigenvalue weighted by molar-refractivity contribution is 0.951. The highest BCUT2D eigenvalue weighted by Gasteiger charge is 2.11. The number of benzene rings is 1. The summed E-state index contributed by atoms with van der Waals surface area (Å²) in [7, 11) is 2.03. The molecule has 0 aliphatic heterocycles. The quantitative estimate of drug-likeness (QED) is 0.642. The van der Waals surface area contributed by atoms with E-state index in [2.05, 4.69) is 26.0 Å². The van der Waals surface area contributed by atoms with Crippen molar-refractivity contribution in [2.24, 2.45) is 7.05 Å². The number of aromatic nitrogens is 3. The van der Waals surface area contributed by atoms with E-state index in [1.807, 2.05) is 32.2 Å². The Morgan fingerprint density at radius 1 is 1.19 bits per heavy atom. The zero-order chi connectivity index (χ0) is 11.1. The number of aryl methyl sites for hydroxylation is 2. The number of imidazole rings is 1. The number of nitrogens with zero attached hydrogens (tertiary/aromatic N) is 3. The first-order valence-electron chi connectivity index (χ1n) is 5.09. The van der Waals surface area contributed by atoms with E-state index in [1.54, 1.807) is 11.3 Å². The van der Waals surface area contributed by atoms with Crippen molar-refractivity contribution in [3.63, 3.8) is 0 Å². The van der Waals surface area contributed by atoms with Crippen LogP contribution in [0.2, 0.25) is 0 Å². The van der Waals surface area contributed by atoms with Crippen LogP contribution in [0.4, 0.5) is 0 Å². The first-order chi connectivity index (χ1) is 7.75. The molecule has 80 valence electrons. The van der Waals surface area contributed by atoms with Gasteiger partial charge in [0.1, 0.15) is 5.69 Å². The second-order valence-electron chi connectivity index (χ2n) is 3.73. The lowest BCUT2D eigenvalue weighted by atomic mass is 10.3. The number of hydrogen-bond acceptors (Lipinski definition) is 3. The molecule has 0 N–H and O–H groups in total. The summed E-state index contributed by atoms with van der Waals surface area (Å²) < 4.78 is 2.09. The van der Waals surface area contributed by atoms with Gasteiger partial charge in [-0.15, -0.1) is 11.3 Å². The second kappa shape index (κ2) is 3.42. The molecule has 0 saturated heterocycles. The van der Waals surface area contributed by atoms with Crippen molar-refractivity contribution in [1.29, 1.82) is 0 Å². The molecule has 0 unspecified atom stereocenters. The third kappa shape index (κ3) is 1.34. The molecule has 0 bridgehead atoms. The fraction of sp³-hybridized carbons (Fsp3) is 0.167. The third-order valence-electron chi connectivity index (χ3n) is 2.64. The molecule has 0 radical (unpaired) electrons. The molecular weight excluding hydrogens is 218 g/mol. The van der Waals surface area contributed by atoms with E-state index in [0.717, 1.165) is 27.6 Å². The van der Waals surface area contributed by atoms with E-state index in [1.165, 1.54) is 0 Å². The summed E-state index contributed by atoms with van der Waals surface area (Å²) in [6.07, 6.45) is 0. The molecule has 0 spiro atoms. The molecule has 0 aliphatic rings. The number of fused-ring (bicyclic) bond motifs is 1. The number of rotatable bonds is 1. The summed E-state index contributed by atoms with van der Waals surface area (Å²) in [5.41, 5.74) is 3.12. The number of hydrogen-bond donors (Lipinski definition) is 0. The fourth-order valence-electron chi connectivity index (χ4n) is 1.84. The summed E-state index contributed by atoms with van der Waals surface area (Å²) >= 11 is 1.65. The number of thiazole rings is 1. The van der Waals surface area contributed by atoms with Crippen LogP contribution in [0.3, 0.4) is 0 Å². The Bertz CT molecular complexity index is 651. The highest BCUT2D eigenvalue weighted by atomic mass is 32.1. The first kappa shape index (κ1) is 9.54. The standard InChI is InChI=1S/C12H11N3S/c1-8-13-10(7-16-8)12-14-9-5-3-4-6-11(9)15(12)2/h3-7H,1-2H3. The second-order valence-corrected chi connectivity index (χ2v) is 4.80. The van der Waals surface area contributed by atoms with Crippen molar-refractivity contribution in [1.82, 2.24) is 14.5 Å². The van der Waals surface area contributed by atoms with E-state index in [9.17, 15) is 0 Å². The Morgan fingerprint density at radius 3 is 2.69 bits per heavy atom. The fourth-order valence-corrected chi connectivity index (χ4v) is 2.43. The minimum absolute atomic E-state index is 0.936. The molecule has 2 heterocycles. The van der Waals surface area contributed by atoms with Gasteiger partial charge in [-0.2, -0.15) is 0 Å². The summed E-state index contributed by atoms with van der Waals surface area (Å²) in [6.45, 7) is 2.01. The Labute approximate surface area is 97.4 Å². The maximum Gasteiger partial charge on any atom is 0.160 e. The van der Waals surface area contributed by atoms with Crippen LogP contribution >= 0.6 is 11.3 Å². The van der Waals surface area contributed by atoms with E-state index in [-0.39, 0.29) is 0 Å². The molecule has 4 heteroatoms. The van der Waals surface area contributed by atoms with E-state index in [0.29, 0.717) is 0 Å². The molecule has 16 heavy (non-hydrogen) atoms. The van der Waals surface area contributed by atoms with Gasteiger partial charge in [0.25, 0.3) is 0 Å². The van der Waals surface area contributed by atoms with Crippen molar-refractivity contribution in [3.8, 4) is 11.5 Å². The summed E-state index contributed by atoms with van der Waals surface area (Å²) in [5, 5.41) is 3.12. The molecule has 2 aromatic heterocycles. The molecule has 3 aromatic rings. The van der Waals surface area contributed by atoms with E-state index < -0.39 is 0 Å². The van der Waals surface area contributed by atoms with Gasteiger partial charge >= 0.3 is 0 Å². The van der Waals surface area contributed by atoms with Crippen molar-refractivity contribution in [2.45, 2.75) is 6.92 Å². The third-order valence-corrected chi connectivity index (χ3v) is 3.41. The lowest BCUT2D eigenvalue weighted by Gasteiger charge is -1.97. The molecule has 0 fully saturated rings. The van der Waals surface area contributed by atoms with Crippen LogP contribution in [0.1, 0.15) is 5.01 Å². The first-order valence-corrected chi connectivity index (χ1v) is 5.97. The van der Waals surface area contributed by atoms with Gasteiger partial charge in [0, 0.05) is 12.4 Å². The van der Waals surface area contributed by atoms with E-state index in [4.69, 9.17) is 0 Å². The minimum atomic E-state index is 0.936. The Balaban J connectivity index is 2.28. The predicted molar refractivity (Wildman–Crippen MR) is 66.6 cm³/mol. The highest BCUT2D eigenvalue weighted by molar-refractivity contribution is 7.09. The zero-order valence-corrected chi connectivity index (χ0v) is 9.95. The topological polar surface area (TPSA) is 30.7 Å². The van der Waals surface area contributed by atoms with Crippen molar-refractivity contribution in [3.05, 3.63) is 34.7 Å². The smallest absolute Gasteiger partial charge is 0.160 e. The Morgan fingerprint density at radius 2 is 2.00 bits per heavy atom. The minimum Gasteiger partial charge on any atom is -0.326 e. The largest absolute Gasteiger partial charge is 0.326 e. The SMILES string of the molecule is Cc1nc(-c2nc3ccccc3n2C)cs1. The Hall–Kier alpha value is -1.68. The maximum atomic E-state index is 4.60. The van der Waals surface area contributed by atoms with E-state index >= 15 is 0 Å². The van der Waals surface area contributed by atoms with Crippen LogP contribution in [-0.4, -0.2) is 14.5 Å². The van der Waals surface area contributed by atoms with Crippen LogP contribution in [-0.2, 0) is 7.05 Å². The molecular formula is C12H11N3S. The van der Waals surface area contributed by atoms with Gasteiger partial charge in [0.05, 0.1) is 16.0 Å². The van der Waals surface area contributed by atoms with Crippen molar-refractivity contribution < 1.29 is 0 Å². The molecule has 0 aliphatic carbocycles. The maximum absolute atomic E-state index is 4.60. The summed E-state index contributed by atoms with van der Waals surface area (Å²) in [4.78, 5) is 9.08. The van der Waals surface area contributed by atoms with Gasteiger partial charge in [0.15, 0.2) is 5.82 Å². The van der Waals surface area contributed by atoms with Crippen molar-refractivity contribution in [2.75, 3.05) is 0 Å². The van der Waals surface area contributed by atoms with Crippen molar-refractivity contribution >= 4 is 22.4 Å². The molecule has 0 saturated carbocycles. The average Bonchev–Trinajstić information content (AvgIpc) is 2.84. The molecule has 3 rings (SSSR count). The van der Waals surface area contributed by atoms with Crippen LogP contribution in [0.25, 0.3) is 22.6 Å². The van der Waals surface area contributed by atoms with Crippen LogP contribution in [0, 0.1) is 6.92 Å². The number of para-hydroxylation sites is 2. The van der Waals surface area contributed by atoms with Gasteiger partial charge in [0.2, 0.25) is 0 Å². The van der Waals surface area contributed by atoms with Gasteiger partial charge in [-0.05, 0) is 19.1 Å². The van der Waals surface area contributed by atoms with Gasteiger partial charge in [-0.1, -0.05) is 12.1 Å². The predicted octanol–water partition coefficient (Wildman–Crippen LogP) is 3.01. The molecule has 3 nitrogen and oxygen atoms in total. The molecule has 0 atom stereocenters. The van der Waals surface area contributed by atoms with Crippen LogP contribution < -0.4 is 0 Å². The van der Waals surface area contributed by atoms with Crippen LogP contribution in [0.5, 0.6) is 0 Å².